The van der Waals surface area contributed by atoms with Gasteiger partial charge in [0.05, 0.1) is 19.3 Å². The maximum Gasteiger partial charge on any atom is 0.410 e. The van der Waals surface area contributed by atoms with Crippen LogP contribution in [0.2, 0.25) is 0 Å². The Morgan fingerprint density at radius 1 is 1.32 bits per heavy atom. The molecule has 0 aromatic heterocycles. The molecule has 25 heavy (non-hydrogen) atoms. The summed E-state index contributed by atoms with van der Waals surface area (Å²) < 4.78 is 10.6. The van der Waals surface area contributed by atoms with Crippen molar-refractivity contribution in [3.05, 3.63) is 48.0 Å². The molecular formula is C19H26N2O4. The highest BCUT2D eigenvalue weighted by molar-refractivity contribution is 5.83. The zero-order valence-corrected chi connectivity index (χ0v) is 14.9. The third-order valence-corrected chi connectivity index (χ3v) is 4.16. The van der Waals surface area contributed by atoms with Crippen LogP contribution in [0.3, 0.4) is 0 Å². The quantitative estimate of drug-likeness (QED) is 0.586. The molecule has 0 radical (unpaired) electrons. The number of hydrogen-bond donors (Lipinski definition) is 0. The highest BCUT2D eigenvalue weighted by atomic mass is 16.6. The Kier molecular flexibility index (Phi) is 7.01. The molecule has 1 fully saturated rings. The first-order valence-electron chi connectivity index (χ1n) is 8.42. The Morgan fingerprint density at radius 2 is 2.04 bits per heavy atom. The lowest BCUT2D eigenvalue weighted by Crippen LogP contribution is -2.40. The fourth-order valence-electron chi connectivity index (χ4n) is 2.65. The number of methoxy groups -OCH3 is 1. The molecule has 1 heterocycles. The Bertz CT molecular complexity index is 600. The average molecular weight is 346 g/mol. The molecule has 2 rings (SSSR count). The molecule has 0 spiro atoms. The minimum Gasteiger partial charge on any atom is -0.449 e. The molecule has 136 valence electrons. The molecule has 6 heteroatoms. The van der Waals surface area contributed by atoms with Crippen LogP contribution in [0.25, 0.3) is 0 Å². The summed E-state index contributed by atoms with van der Waals surface area (Å²) >= 11 is 0. The van der Waals surface area contributed by atoms with E-state index in [0.717, 1.165) is 5.56 Å². The minimum absolute atomic E-state index is 0.00135. The Balaban J connectivity index is 2.04. The lowest BCUT2D eigenvalue weighted by atomic mass is 10.1. The van der Waals surface area contributed by atoms with Crippen LogP contribution in [0.15, 0.2) is 36.9 Å². The molecule has 0 saturated carbocycles. The van der Waals surface area contributed by atoms with Crippen molar-refractivity contribution in [2.45, 2.75) is 26.0 Å². The van der Waals surface area contributed by atoms with Gasteiger partial charge >= 0.3 is 6.09 Å². The van der Waals surface area contributed by atoms with Crippen LogP contribution >= 0.6 is 0 Å². The van der Waals surface area contributed by atoms with Gasteiger partial charge in [0.1, 0.15) is 6.54 Å². The molecule has 1 aliphatic heterocycles. The first kappa shape index (κ1) is 19.0. The van der Waals surface area contributed by atoms with Gasteiger partial charge in [-0.25, -0.2) is 4.79 Å². The number of rotatable bonds is 6. The summed E-state index contributed by atoms with van der Waals surface area (Å²) in [4.78, 5) is 27.9. The normalized spacial score (nSPS) is 18.0. The summed E-state index contributed by atoms with van der Waals surface area (Å²) in [7, 11) is 1.59. The average Bonchev–Trinajstić information content (AvgIpc) is 2.76. The van der Waals surface area contributed by atoms with Crippen LogP contribution in [0.1, 0.15) is 17.5 Å². The lowest BCUT2D eigenvalue weighted by Gasteiger charge is -2.23. The second-order valence-electron chi connectivity index (χ2n) is 6.19. The molecule has 0 bridgehead atoms. The van der Waals surface area contributed by atoms with E-state index in [9.17, 15) is 9.59 Å². The minimum atomic E-state index is -0.491. The van der Waals surface area contributed by atoms with Gasteiger partial charge in [-0.1, -0.05) is 35.9 Å². The lowest BCUT2D eigenvalue weighted by molar-refractivity contribution is -0.132. The predicted molar refractivity (Wildman–Crippen MR) is 95.1 cm³/mol. The van der Waals surface area contributed by atoms with Crippen molar-refractivity contribution in [3.8, 4) is 0 Å². The van der Waals surface area contributed by atoms with Crippen LogP contribution in [-0.2, 0) is 20.8 Å². The topological polar surface area (TPSA) is 59.1 Å². The van der Waals surface area contributed by atoms with E-state index >= 15 is 0 Å². The summed E-state index contributed by atoms with van der Waals surface area (Å²) in [6.07, 6.45) is 1.53. The first-order valence-corrected chi connectivity index (χ1v) is 8.42. The fraction of sp³-hybridized carbons (Fsp3) is 0.474. The molecule has 0 N–H and O–H groups in total. The third-order valence-electron chi connectivity index (χ3n) is 4.16. The van der Waals surface area contributed by atoms with E-state index in [1.807, 2.05) is 31.2 Å². The molecule has 1 atom stereocenters. The largest absolute Gasteiger partial charge is 0.449 e. The van der Waals surface area contributed by atoms with Crippen LogP contribution in [-0.4, -0.2) is 61.3 Å². The van der Waals surface area contributed by atoms with Gasteiger partial charge in [-0.3, -0.25) is 9.69 Å². The number of ether oxygens (including phenoxy) is 2. The second-order valence-corrected chi connectivity index (χ2v) is 6.19. The fourth-order valence-corrected chi connectivity index (χ4v) is 2.65. The Hall–Kier alpha value is -2.34. The van der Waals surface area contributed by atoms with Crippen molar-refractivity contribution in [1.29, 1.82) is 0 Å². The highest BCUT2D eigenvalue weighted by Crippen LogP contribution is 2.13. The van der Waals surface area contributed by atoms with Crippen LogP contribution in [0.5, 0.6) is 0 Å². The highest BCUT2D eigenvalue weighted by Gasteiger charge is 2.31. The SMILES string of the molecule is C=CCCOC(=O)N1CC(=O)N(Cc2ccc(C)cc2)CC(OC)C1. The molecular weight excluding hydrogens is 320 g/mol. The van der Waals surface area contributed by atoms with E-state index in [-0.39, 0.29) is 25.2 Å². The van der Waals surface area contributed by atoms with Crippen molar-refractivity contribution in [2.24, 2.45) is 0 Å². The number of amides is 2. The number of carbonyl (C=O) groups excluding carboxylic acids is 2. The second kappa shape index (κ2) is 9.22. The van der Waals surface area contributed by atoms with Gasteiger partial charge < -0.3 is 14.4 Å². The van der Waals surface area contributed by atoms with E-state index in [1.165, 1.54) is 10.5 Å². The maximum atomic E-state index is 12.6. The van der Waals surface area contributed by atoms with Crippen LogP contribution in [0.4, 0.5) is 4.79 Å². The molecule has 2 amide bonds. The molecule has 1 aromatic carbocycles. The summed E-state index contributed by atoms with van der Waals surface area (Å²) in [5.74, 6) is -0.110. The van der Waals surface area contributed by atoms with Gasteiger partial charge in [0.15, 0.2) is 0 Å². The van der Waals surface area contributed by atoms with E-state index in [1.54, 1.807) is 18.1 Å². The van der Waals surface area contributed by atoms with Crippen molar-refractivity contribution >= 4 is 12.0 Å². The summed E-state index contributed by atoms with van der Waals surface area (Å²) in [5, 5.41) is 0. The Morgan fingerprint density at radius 3 is 2.68 bits per heavy atom. The Labute approximate surface area is 149 Å². The van der Waals surface area contributed by atoms with Gasteiger partial charge in [-0.05, 0) is 18.9 Å². The zero-order chi connectivity index (χ0) is 18.2. The molecule has 1 aromatic rings. The van der Waals surface area contributed by atoms with E-state index < -0.39 is 6.09 Å². The molecule has 0 aliphatic carbocycles. The van der Waals surface area contributed by atoms with Crippen LogP contribution < -0.4 is 0 Å². The molecule has 6 nitrogen and oxygen atoms in total. The number of nitrogens with zero attached hydrogens (tertiary/aromatic N) is 2. The van der Waals surface area contributed by atoms with Crippen molar-refractivity contribution in [2.75, 3.05) is 33.4 Å². The third kappa shape index (κ3) is 5.60. The first-order chi connectivity index (χ1) is 12.0. The molecule has 1 saturated heterocycles. The standard InChI is InChI=1S/C19H26N2O4/c1-4-5-10-25-19(23)21-13-17(24-3)12-20(18(22)14-21)11-16-8-6-15(2)7-9-16/h4,6-9,17H,1,5,10-14H2,2-3H3. The van der Waals surface area contributed by atoms with Crippen molar-refractivity contribution in [3.63, 3.8) is 0 Å². The monoisotopic (exact) mass is 346 g/mol. The zero-order valence-electron chi connectivity index (χ0n) is 14.9. The number of hydrogen-bond acceptors (Lipinski definition) is 4. The number of benzene rings is 1. The summed E-state index contributed by atoms with van der Waals surface area (Å²) in [6, 6.07) is 8.07. The van der Waals surface area contributed by atoms with E-state index in [0.29, 0.717) is 26.1 Å². The van der Waals surface area contributed by atoms with Gasteiger partial charge in [0, 0.05) is 20.2 Å². The van der Waals surface area contributed by atoms with Gasteiger partial charge in [0.25, 0.3) is 0 Å². The van der Waals surface area contributed by atoms with Crippen molar-refractivity contribution in [1.82, 2.24) is 9.80 Å². The smallest absolute Gasteiger partial charge is 0.410 e. The number of aryl methyl sites for hydroxylation is 1. The predicted octanol–water partition coefficient (Wildman–Crippen LogP) is 2.37. The summed E-state index contributed by atoms with van der Waals surface area (Å²) in [6.45, 7) is 7.15. The summed E-state index contributed by atoms with van der Waals surface area (Å²) in [5.41, 5.74) is 2.23. The van der Waals surface area contributed by atoms with Crippen LogP contribution in [0, 0.1) is 6.92 Å². The van der Waals surface area contributed by atoms with Gasteiger partial charge in [-0.2, -0.15) is 0 Å². The van der Waals surface area contributed by atoms with Crippen molar-refractivity contribution < 1.29 is 19.1 Å². The number of carbonyl (C=O) groups is 2. The molecule has 1 unspecified atom stereocenters. The van der Waals surface area contributed by atoms with E-state index in [2.05, 4.69) is 6.58 Å². The maximum absolute atomic E-state index is 12.6. The van der Waals surface area contributed by atoms with E-state index in [4.69, 9.17) is 9.47 Å². The molecule has 1 aliphatic rings. The van der Waals surface area contributed by atoms with Gasteiger partial charge in [-0.15, -0.1) is 6.58 Å². The van der Waals surface area contributed by atoms with Gasteiger partial charge in [0.2, 0.25) is 5.91 Å².